The lowest BCUT2D eigenvalue weighted by Gasteiger charge is -2.24. The monoisotopic (exact) mass is 514 g/mol. The summed E-state index contributed by atoms with van der Waals surface area (Å²) in [5.41, 5.74) is 8.29. The molecule has 0 saturated heterocycles. The van der Waals surface area contributed by atoms with Crippen molar-refractivity contribution in [2.45, 2.75) is 38.8 Å². The first kappa shape index (κ1) is 21.1. The molecule has 1 aliphatic heterocycles. The highest BCUT2D eigenvalue weighted by Gasteiger charge is 2.37. The molecule has 0 amide bonds. The quantitative estimate of drug-likeness (QED) is 0.214. The summed E-state index contributed by atoms with van der Waals surface area (Å²) in [6.45, 7) is 4.76. The Bertz CT molecular complexity index is 1870. The first-order valence-corrected chi connectivity index (χ1v) is 14.7. The van der Waals surface area contributed by atoms with Crippen LogP contribution in [0.5, 0.6) is 0 Å². The average molecular weight is 515 g/mol. The highest BCUT2D eigenvalue weighted by atomic mass is 32.2. The van der Waals surface area contributed by atoms with Crippen molar-refractivity contribution >= 4 is 55.0 Å². The zero-order valence-corrected chi connectivity index (χ0v) is 22.4. The molecule has 0 spiro atoms. The zero-order valence-electron chi connectivity index (χ0n) is 20.0. The molecule has 0 radical (unpaired) electrons. The van der Waals surface area contributed by atoms with Crippen molar-refractivity contribution in [3.8, 4) is 22.3 Å². The Hall–Kier alpha value is -2.98. The molecule has 0 unspecified atom stereocenters. The van der Waals surface area contributed by atoms with Gasteiger partial charge in [0.1, 0.15) is 0 Å². The molecule has 36 heavy (non-hydrogen) atoms. The van der Waals surface area contributed by atoms with Gasteiger partial charge in [0.25, 0.3) is 0 Å². The number of hydrogen-bond donors (Lipinski definition) is 0. The van der Waals surface area contributed by atoms with Gasteiger partial charge in [-0.3, -0.25) is 0 Å². The lowest BCUT2D eigenvalue weighted by Crippen LogP contribution is -2.15. The lowest BCUT2D eigenvalue weighted by molar-refractivity contribution is 0.657. The molecule has 5 aromatic carbocycles. The van der Waals surface area contributed by atoms with Crippen molar-refractivity contribution in [2.75, 3.05) is 0 Å². The summed E-state index contributed by atoms with van der Waals surface area (Å²) in [7, 11) is 0. The fraction of sp³-hybridized carbons (Fsp3) is 0.0909. The molecule has 1 aromatic heterocycles. The first-order valence-electron chi connectivity index (χ1n) is 12.3. The van der Waals surface area contributed by atoms with Crippen molar-refractivity contribution < 1.29 is 0 Å². The summed E-state index contributed by atoms with van der Waals surface area (Å²) < 4.78 is 2.74. The Morgan fingerprint density at radius 1 is 0.528 bits per heavy atom. The Morgan fingerprint density at radius 2 is 1.22 bits per heavy atom. The Morgan fingerprint density at radius 3 is 2.06 bits per heavy atom. The van der Waals surface area contributed by atoms with Crippen molar-refractivity contribution in [3.05, 3.63) is 108 Å². The summed E-state index contributed by atoms with van der Waals surface area (Å²) >= 11 is 5.73. The van der Waals surface area contributed by atoms with Crippen molar-refractivity contribution in [1.82, 2.24) is 0 Å². The Balaban J connectivity index is 1.32. The predicted molar refractivity (Wildman–Crippen MR) is 157 cm³/mol. The fourth-order valence-corrected chi connectivity index (χ4v) is 9.43. The van der Waals surface area contributed by atoms with Gasteiger partial charge >= 0.3 is 0 Å². The van der Waals surface area contributed by atoms with Gasteiger partial charge in [-0.15, -0.1) is 11.3 Å². The topological polar surface area (TPSA) is 0 Å². The van der Waals surface area contributed by atoms with Gasteiger partial charge in [0, 0.05) is 45.2 Å². The van der Waals surface area contributed by atoms with Gasteiger partial charge in [-0.05, 0) is 69.8 Å². The van der Waals surface area contributed by atoms with Crippen LogP contribution in [0.3, 0.4) is 0 Å². The molecule has 0 nitrogen and oxygen atoms in total. The molecule has 0 saturated carbocycles. The summed E-state index contributed by atoms with van der Waals surface area (Å²) in [4.78, 5) is 5.48. The zero-order chi connectivity index (χ0) is 24.0. The van der Waals surface area contributed by atoms with Crippen LogP contribution >= 0.6 is 34.9 Å². The smallest absolute Gasteiger partial charge is 0.0433 e. The number of fused-ring (bicyclic) bond motifs is 8. The van der Waals surface area contributed by atoms with Gasteiger partial charge in [0.15, 0.2) is 0 Å². The largest absolute Gasteiger partial charge is 0.135 e. The maximum Gasteiger partial charge on any atom is 0.0433 e. The molecule has 8 rings (SSSR count). The molecular formula is C33H22S3. The number of benzene rings is 5. The van der Waals surface area contributed by atoms with Crippen molar-refractivity contribution in [2.24, 2.45) is 0 Å². The van der Waals surface area contributed by atoms with Crippen molar-refractivity contribution in [1.29, 1.82) is 0 Å². The maximum atomic E-state index is 2.46. The average Bonchev–Trinajstić information content (AvgIpc) is 3.39. The minimum absolute atomic E-state index is 0.00988. The van der Waals surface area contributed by atoms with E-state index in [9.17, 15) is 0 Å². The molecule has 1 aliphatic carbocycles. The highest BCUT2D eigenvalue weighted by Crippen LogP contribution is 2.56. The second-order valence-electron chi connectivity index (χ2n) is 10.2. The first-order chi connectivity index (χ1) is 17.6. The van der Waals surface area contributed by atoms with E-state index in [0.29, 0.717) is 0 Å². The van der Waals surface area contributed by atoms with Gasteiger partial charge in [-0.25, -0.2) is 0 Å². The molecule has 0 N–H and O–H groups in total. The van der Waals surface area contributed by atoms with Crippen LogP contribution < -0.4 is 0 Å². The predicted octanol–water partition coefficient (Wildman–Crippen LogP) is 10.6. The summed E-state index contributed by atoms with van der Waals surface area (Å²) in [5.74, 6) is 0. The molecular weight excluding hydrogens is 493 g/mol. The summed E-state index contributed by atoms with van der Waals surface area (Å²) in [6, 6.07) is 36.4. The van der Waals surface area contributed by atoms with Crippen molar-refractivity contribution in [3.63, 3.8) is 0 Å². The second kappa shape index (κ2) is 7.52. The van der Waals surface area contributed by atoms with Crippen LogP contribution in [0.1, 0.15) is 25.0 Å². The van der Waals surface area contributed by atoms with E-state index < -0.39 is 0 Å². The lowest BCUT2D eigenvalue weighted by atomic mass is 9.82. The SMILES string of the molecule is CC1(C)c2ccc(-c3cccc4c3sc3ccccc34)cc2-c2cc3c(cc21)Sc1ccccc1S3. The molecule has 2 heterocycles. The Labute approximate surface area is 223 Å². The van der Waals surface area contributed by atoms with E-state index in [1.54, 1.807) is 0 Å². The second-order valence-corrected chi connectivity index (χ2v) is 13.4. The summed E-state index contributed by atoms with van der Waals surface area (Å²) in [6.07, 6.45) is 0. The summed E-state index contributed by atoms with van der Waals surface area (Å²) in [5, 5.41) is 2.71. The Kier molecular flexibility index (Phi) is 4.41. The third kappa shape index (κ3) is 2.91. The van der Waals surface area contributed by atoms with Crippen LogP contribution in [0.25, 0.3) is 42.4 Å². The number of rotatable bonds is 1. The molecule has 172 valence electrons. The minimum Gasteiger partial charge on any atom is -0.135 e. The van der Waals surface area contributed by atoms with E-state index >= 15 is 0 Å². The molecule has 0 bridgehead atoms. The van der Waals surface area contributed by atoms with E-state index in [2.05, 4.69) is 111 Å². The van der Waals surface area contributed by atoms with Gasteiger partial charge in [0.2, 0.25) is 0 Å². The van der Waals surface area contributed by atoms with E-state index in [1.807, 2.05) is 34.9 Å². The van der Waals surface area contributed by atoms with Crippen LogP contribution in [0.2, 0.25) is 0 Å². The molecule has 0 atom stereocenters. The van der Waals surface area contributed by atoms with E-state index in [0.717, 1.165) is 0 Å². The van der Waals surface area contributed by atoms with Crippen LogP contribution in [0, 0.1) is 0 Å². The van der Waals surface area contributed by atoms with E-state index in [4.69, 9.17) is 0 Å². The van der Waals surface area contributed by atoms with Crippen LogP contribution in [0.15, 0.2) is 117 Å². The standard InChI is InChI=1S/C33H22S3/c1-33(2)25-15-14-19(20-9-7-10-22-21-8-3-4-11-27(21)36-32(20)22)16-23(25)24-17-30-31(18-26(24)33)35-29-13-6-5-12-28(29)34-30/h3-18H,1-2H3. The van der Waals surface area contributed by atoms with Gasteiger partial charge in [-0.1, -0.05) is 98.0 Å². The molecule has 2 aliphatic rings. The van der Waals surface area contributed by atoms with Gasteiger partial charge < -0.3 is 0 Å². The highest BCUT2D eigenvalue weighted by molar-refractivity contribution is 8.05. The molecule has 0 fully saturated rings. The van der Waals surface area contributed by atoms with Gasteiger partial charge in [-0.2, -0.15) is 0 Å². The van der Waals surface area contributed by atoms with Crippen LogP contribution in [-0.4, -0.2) is 0 Å². The van der Waals surface area contributed by atoms with E-state index in [1.165, 1.54) is 73.1 Å². The van der Waals surface area contributed by atoms with Crippen LogP contribution in [-0.2, 0) is 5.41 Å². The third-order valence-electron chi connectivity index (χ3n) is 7.74. The normalized spacial score (nSPS) is 14.9. The maximum absolute atomic E-state index is 2.46. The third-order valence-corrected chi connectivity index (χ3v) is 11.5. The van der Waals surface area contributed by atoms with Gasteiger partial charge in [0.05, 0.1) is 0 Å². The number of hydrogen-bond acceptors (Lipinski definition) is 3. The van der Waals surface area contributed by atoms with Crippen LogP contribution in [0.4, 0.5) is 0 Å². The fourth-order valence-electron chi connectivity index (χ4n) is 5.91. The van der Waals surface area contributed by atoms with E-state index in [-0.39, 0.29) is 5.41 Å². The minimum atomic E-state index is -0.00988. The molecule has 3 heteroatoms. The number of thiophene rings is 1. The molecule has 6 aromatic rings.